The Bertz CT molecular complexity index is 663. The normalized spacial score (nSPS) is 25.5. The second-order valence-electron chi connectivity index (χ2n) is 6.92. The molecular formula is C18H24N2O5. The number of hydrogen-bond acceptors (Lipinski definition) is 4. The van der Waals surface area contributed by atoms with E-state index in [2.05, 4.69) is 5.32 Å². The highest BCUT2D eigenvalue weighted by Crippen LogP contribution is 2.29. The monoisotopic (exact) mass is 348 g/mol. The van der Waals surface area contributed by atoms with E-state index in [1.54, 1.807) is 12.0 Å². The summed E-state index contributed by atoms with van der Waals surface area (Å²) in [5.41, 5.74) is 1.02. The number of fused-ring (bicyclic) bond motifs is 1. The Morgan fingerprint density at radius 1 is 1.36 bits per heavy atom. The Morgan fingerprint density at radius 2 is 2.16 bits per heavy atom. The van der Waals surface area contributed by atoms with E-state index in [4.69, 9.17) is 9.47 Å². The van der Waals surface area contributed by atoms with Crippen molar-refractivity contribution in [2.24, 2.45) is 11.8 Å². The number of carbonyl (C=O) groups excluding carboxylic acids is 1. The summed E-state index contributed by atoms with van der Waals surface area (Å²) in [4.78, 5) is 25.4. The van der Waals surface area contributed by atoms with Crippen molar-refractivity contribution in [3.05, 3.63) is 23.8 Å². The number of aliphatic carboxylic acids is 1. The summed E-state index contributed by atoms with van der Waals surface area (Å²) in [5.74, 6) is 0.362. The fraction of sp³-hybridized carbons (Fsp3) is 0.556. The van der Waals surface area contributed by atoms with E-state index in [0.717, 1.165) is 17.1 Å². The highest BCUT2D eigenvalue weighted by molar-refractivity contribution is 5.77. The number of likely N-dealkylation sites (tertiary alicyclic amines) is 1. The van der Waals surface area contributed by atoms with Crippen molar-refractivity contribution in [3.8, 4) is 11.5 Å². The number of benzene rings is 1. The molecule has 0 bridgehead atoms. The number of methoxy groups -OCH3 is 1. The van der Waals surface area contributed by atoms with Gasteiger partial charge in [-0.3, -0.25) is 4.79 Å². The van der Waals surface area contributed by atoms with Gasteiger partial charge in [0, 0.05) is 19.2 Å². The molecule has 7 nitrogen and oxygen atoms in total. The van der Waals surface area contributed by atoms with Crippen LogP contribution in [0.5, 0.6) is 11.5 Å². The first-order valence-electron chi connectivity index (χ1n) is 8.54. The second-order valence-corrected chi connectivity index (χ2v) is 6.92. The third-order valence-corrected chi connectivity index (χ3v) is 4.80. The molecule has 0 aliphatic carbocycles. The first kappa shape index (κ1) is 17.4. The van der Waals surface area contributed by atoms with E-state index in [1.165, 1.54) is 0 Å². The number of rotatable bonds is 3. The number of nitrogens with one attached hydrogen (secondary N) is 1. The molecule has 2 aliphatic rings. The Kier molecular flexibility index (Phi) is 5.01. The van der Waals surface area contributed by atoms with Crippen LogP contribution in [0.2, 0.25) is 0 Å². The standard InChI is InChI=1S/C18H24N2O5/c1-11-5-13(17(21)22)9-20(8-11)18(23)19-14-6-12-3-4-15(24-2)7-16(12)25-10-14/h3-4,7,11,13-14H,5-6,8-10H2,1-2H3,(H,19,23)(H,21,22). The third kappa shape index (κ3) is 3.97. The van der Waals surface area contributed by atoms with Crippen LogP contribution in [0.4, 0.5) is 4.79 Å². The van der Waals surface area contributed by atoms with Gasteiger partial charge >= 0.3 is 12.0 Å². The van der Waals surface area contributed by atoms with Crippen LogP contribution in [0.15, 0.2) is 18.2 Å². The van der Waals surface area contributed by atoms with Crippen LogP contribution in [-0.2, 0) is 11.2 Å². The highest BCUT2D eigenvalue weighted by atomic mass is 16.5. The van der Waals surface area contributed by atoms with Gasteiger partial charge in [0.25, 0.3) is 0 Å². The van der Waals surface area contributed by atoms with E-state index >= 15 is 0 Å². The highest BCUT2D eigenvalue weighted by Gasteiger charge is 2.33. The van der Waals surface area contributed by atoms with Gasteiger partial charge in [-0.2, -0.15) is 0 Å². The average Bonchev–Trinajstić information content (AvgIpc) is 2.60. The maximum absolute atomic E-state index is 12.5. The van der Waals surface area contributed by atoms with Crippen LogP contribution >= 0.6 is 0 Å². The third-order valence-electron chi connectivity index (χ3n) is 4.80. The number of amides is 2. The predicted molar refractivity (Wildman–Crippen MR) is 91.0 cm³/mol. The summed E-state index contributed by atoms with van der Waals surface area (Å²) in [6.07, 6.45) is 1.29. The molecule has 2 heterocycles. The maximum Gasteiger partial charge on any atom is 0.317 e. The topological polar surface area (TPSA) is 88.1 Å². The van der Waals surface area contributed by atoms with Crippen molar-refractivity contribution in [1.29, 1.82) is 0 Å². The fourth-order valence-corrected chi connectivity index (χ4v) is 3.53. The smallest absolute Gasteiger partial charge is 0.317 e. The zero-order valence-corrected chi connectivity index (χ0v) is 14.5. The van der Waals surface area contributed by atoms with Gasteiger partial charge in [0.1, 0.15) is 18.1 Å². The summed E-state index contributed by atoms with van der Waals surface area (Å²) in [5, 5.41) is 12.2. The first-order chi connectivity index (χ1) is 12.0. The molecule has 25 heavy (non-hydrogen) atoms. The van der Waals surface area contributed by atoms with Crippen molar-refractivity contribution >= 4 is 12.0 Å². The van der Waals surface area contributed by atoms with Gasteiger partial charge in [0.15, 0.2) is 0 Å². The van der Waals surface area contributed by atoms with E-state index in [-0.39, 0.29) is 24.5 Å². The van der Waals surface area contributed by atoms with Crippen LogP contribution in [0.25, 0.3) is 0 Å². The van der Waals surface area contributed by atoms with Gasteiger partial charge in [-0.15, -0.1) is 0 Å². The molecule has 1 fully saturated rings. The quantitative estimate of drug-likeness (QED) is 0.869. The Balaban J connectivity index is 1.60. The molecule has 0 saturated carbocycles. The lowest BCUT2D eigenvalue weighted by Crippen LogP contribution is -2.53. The van der Waals surface area contributed by atoms with E-state index < -0.39 is 11.9 Å². The van der Waals surface area contributed by atoms with Gasteiger partial charge in [-0.25, -0.2) is 4.79 Å². The van der Waals surface area contributed by atoms with Crippen LogP contribution in [0.1, 0.15) is 18.9 Å². The summed E-state index contributed by atoms with van der Waals surface area (Å²) < 4.78 is 10.9. The zero-order chi connectivity index (χ0) is 18.0. The van der Waals surface area contributed by atoms with Crippen LogP contribution < -0.4 is 14.8 Å². The number of ether oxygens (including phenoxy) is 2. The van der Waals surface area contributed by atoms with Crippen LogP contribution in [0, 0.1) is 11.8 Å². The second kappa shape index (κ2) is 7.21. The number of piperidine rings is 1. The van der Waals surface area contributed by atoms with Gasteiger partial charge in [-0.05, 0) is 30.4 Å². The van der Waals surface area contributed by atoms with Crippen molar-refractivity contribution < 1.29 is 24.2 Å². The Morgan fingerprint density at radius 3 is 2.88 bits per heavy atom. The zero-order valence-electron chi connectivity index (χ0n) is 14.5. The van der Waals surface area contributed by atoms with E-state index in [1.807, 2.05) is 25.1 Å². The summed E-state index contributed by atoms with van der Waals surface area (Å²) in [6, 6.07) is 5.31. The molecular weight excluding hydrogens is 324 g/mol. The van der Waals surface area contributed by atoms with Crippen molar-refractivity contribution in [1.82, 2.24) is 10.2 Å². The van der Waals surface area contributed by atoms with Gasteiger partial charge < -0.3 is 24.8 Å². The Labute approximate surface area is 146 Å². The first-order valence-corrected chi connectivity index (χ1v) is 8.54. The molecule has 2 N–H and O–H groups in total. The number of carbonyl (C=O) groups is 2. The van der Waals surface area contributed by atoms with Crippen molar-refractivity contribution in [2.45, 2.75) is 25.8 Å². The molecule has 3 unspecified atom stereocenters. The van der Waals surface area contributed by atoms with Crippen LogP contribution in [0.3, 0.4) is 0 Å². The fourth-order valence-electron chi connectivity index (χ4n) is 3.53. The van der Waals surface area contributed by atoms with Crippen molar-refractivity contribution in [2.75, 3.05) is 26.8 Å². The molecule has 0 spiro atoms. The summed E-state index contributed by atoms with van der Waals surface area (Å²) >= 11 is 0. The lowest BCUT2D eigenvalue weighted by molar-refractivity contribution is -0.143. The molecule has 0 radical (unpaired) electrons. The van der Waals surface area contributed by atoms with E-state index in [0.29, 0.717) is 26.0 Å². The average molecular weight is 348 g/mol. The number of hydrogen-bond donors (Lipinski definition) is 2. The summed E-state index contributed by atoms with van der Waals surface area (Å²) in [6.45, 7) is 3.20. The molecule has 136 valence electrons. The molecule has 1 aromatic carbocycles. The molecule has 1 aromatic rings. The predicted octanol–water partition coefficient (Wildman–Crippen LogP) is 1.75. The van der Waals surface area contributed by atoms with Crippen LogP contribution in [-0.4, -0.2) is 54.9 Å². The molecule has 3 atom stereocenters. The maximum atomic E-state index is 12.5. The number of carboxylic acid groups (broad SMARTS) is 1. The molecule has 7 heteroatoms. The minimum atomic E-state index is -0.840. The molecule has 0 aromatic heterocycles. The van der Waals surface area contributed by atoms with Gasteiger partial charge in [0.05, 0.1) is 19.1 Å². The minimum Gasteiger partial charge on any atom is -0.497 e. The molecule has 1 saturated heterocycles. The number of nitrogens with zero attached hydrogens (tertiary/aromatic N) is 1. The van der Waals surface area contributed by atoms with E-state index in [9.17, 15) is 14.7 Å². The van der Waals surface area contributed by atoms with Gasteiger partial charge in [0.2, 0.25) is 0 Å². The minimum absolute atomic E-state index is 0.131. The lowest BCUT2D eigenvalue weighted by atomic mass is 9.91. The number of carboxylic acids is 1. The molecule has 3 rings (SSSR count). The molecule has 2 amide bonds. The largest absolute Gasteiger partial charge is 0.497 e. The Hall–Kier alpha value is -2.44. The van der Waals surface area contributed by atoms with Crippen molar-refractivity contribution in [3.63, 3.8) is 0 Å². The summed E-state index contributed by atoms with van der Waals surface area (Å²) in [7, 11) is 1.61. The number of urea groups is 1. The van der Waals surface area contributed by atoms with Gasteiger partial charge in [-0.1, -0.05) is 13.0 Å². The molecule has 2 aliphatic heterocycles. The SMILES string of the molecule is COc1ccc2c(c1)OCC(NC(=O)N1CC(C)CC(C(=O)O)C1)C2. The lowest BCUT2D eigenvalue weighted by Gasteiger charge is -2.36.